The van der Waals surface area contributed by atoms with Gasteiger partial charge in [0.2, 0.25) is 0 Å². The van der Waals surface area contributed by atoms with Crippen molar-refractivity contribution in [3.05, 3.63) is 51.5 Å². The van der Waals surface area contributed by atoms with E-state index in [-0.39, 0.29) is 23.1 Å². The monoisotopic (exact) mass is 479 g/mol. The van der Waals surface area contributed by atoms with E-state index in [1.165, 1.54) is 57.4 Å². The van der Waals surface area contributed by atoms with Crippen LogP contribution in [-0.2, 0) is 11.2 Å². The third-order valence-corrected chi connectivity index (χ3v) is 6.43. The summed E-state index contributed by atoms with van der Waals surface area (Å²) in [6.07, 6.45) is 12.5. The van der Waals surface area contributed by atoms with Gasteiger partial charge in [0.1, 0.15) is 5.75 Å². The van der Waals surface area contributed by atoms with Gasteiger partial charge in [0.25, 0.3) is 5.91 Å². The SMILES string of the molecule is CCCCCCCCCCCc1ccccc1OCC(=O)Nc1cc(Cl)c(C)c(Cl)c1O. The second kappa shape index (κ2) is 14.3. The summed E-state index contributed by atoms with van der Waals surface area (Å²) < 4.78 is 5.77. The molecule has 0 aliphatic carbocycles. The highest BCUT2D eigenvalue weighted by molar-refractivity contribution is 6.37. The zero-order valence-electron chi connectivity index (χ0n) is 19.2. The first kappa shape index (κ1) is 26.3. The van der Waals surface area contributed by atoms with Crippen molar-refractivity contribution in [2.24, 2.45) is 0 Å². The number of amides is 1. The van der Waals surface area contributed by atoms with E-state index in [1.54, 1.807) is 6.92 Å². The Kier molecular flexibility index (Phi) is 11.8. The van der Waals surface area contributed by atoms with Gasteiger partial charge in [0.15, 0.2) is 12.4 Å². The lowest BCUT2D eigenvalue weighted by Gasteiger charge is -2.13. The summed E-state index contributed by atoms with van der Waals surface area (Å²) in [5, 5.41) is 13.3. The Morgan fingerprint density at radius 2 is 1.62 bits per heavy atom. The van der Waals surface area contributed by atoms with Crippen LogP contribution < -0.4 is 10.1 Å². The first-order chi connectivity index (χ1) is 15.4. The lowest BCUT2D eigenvalue weighted by atomic mass is 10.0. The van der Waals surface area contributed by atoms with Gasteiger partial charge in [-0.1, -0.05) is 99.7 Å². The summed E-state index contributed by atoms with van der Waals surface area (Å²) in [5.41, 5.74) is 1.83. The van der Waals surface area contributed by atoms with E-state index in [9.17, 15) is 9.90 Å². The molecule has 0 bridgehead atoms. The number of aryl methyl sites for hydroxylation is 1. The van der Waals surface area contributed by atoms with E-state index in [1.807, 2.05) is 24.3 Å². The largest absolute Gasteiger partial charge is 0.504 e. The molecule has 0 heterocycles. The lowest BCUT2D eigenvalue weighted by molar-refractivity contribution is -0.118. The maximum absolute atomic E-state index is 12.3. The van der Waals surface area contributed by atoms with E-state index in [2.05, 4.69) is 12.2 Å². The molecule has 0 aromatic heterocycles. The van der Waals surface area contributed by atoms with E-state index in [0.717, 1.165) is 18.4 Å². The molecule has 0 fully saturated rings. The number of unbranched alkanes of at least 4 members (excludes halogenated alkanes) is 8. The first-order valence-electron chi connectivity index (χ1n) is 11.6. The van der Waals surface area contributed by atoms with Crippen LogP contribution in [0.4, 0.5) is 5.69 Å². The van der Waals surface area contributed by atoms with Crippen molar-refractivity contribution in [3.63, 3.8) is 0 Å². The van der Waals surface area contributed by atoms with Gasteiger partial charge in [0.05, 0.1) is 10.7 Å². The summed E-state index contributed by atoms with van der Waals surface area (Å²) in [6.45, 7) is 3.77. The smallest absolute Gasteiger partial charge is 0.262 e. The van der Waals surface area contributed by atoms with Crippen molar-refractivity contribution in [2.75, 3.05) is 11.9 Å². The van der Waals surface area contributed by atoms with Crippen LogP contribution in [0.5, 0.6) is 11.5 Å². The van der Waals surface area contributed by atoms with Gasteiger partial charge >= 0.3 is 0 Å². The number of nitrogens with one attached hydrogen (secondary N) is 1. The van der Waals surface area contributed by atoms with Crippen LogP contribution in [-0.4, -0.2) is 17.6 Å². The molecule has 176 valence electrons. The minimum atomic E-state index is -0.394. The first-order valence-corrected chi connectivity index (χ1v) is 12.4. The molecular weight excluding hydrogens is 445 g/mol. The average molecular weight is 480 g/mol. The molecule has 0 spiro atoms. The van der Waals surface area contributed by atoms with Crippen LogP contribution in [0, 0.1) is 6.92 Å². The van der Waals surface area contributed by atoms with Crippen LogP contribution in [0.15, 0.2) is 30.3 Å². The third kappa shape index (κ3) is 8.55. The maximum Gasteiger partial charge on any atom is 0.262 e. The number of hydrogen-bond donors (Lipinski definition) is 2. The van der Waals surface area contributed by atoms with Crippen LogP contribution in [0.2, 0.25) is 10.0 Å². The number of ether oxygens (including phenoxy) is 1. The number of anilines is 1. The Morgan fingerprint density at radius 1 is 1.00 bits per heavy atom. The number of carbonyl (C=O) groups is 1. The molecule has 2 N–H and O–H groups in total. The third-order valence-electron chi connectivity index (χ3n) is 5.58. The topological polar surface area (TPSA) is 58.6 Å². The predicted molar refractivity (Wildman–Crippen MR) is 134 cm³/mol. The van der Waals surface area contributed by atoms with Crippen molar-refractivity contribution in [1.82, 2.24) is 0 Å². The molecule has 0 aliphatic rings. The minimum Gasteiger partial charge on any atom is -0.504 e. The molecule has 2 rings (SSSR count). The molecule has 0 unspecified atom stereocenters. The number of phenolic OH excluding ortho intramolecular Hbond substituents is 1. The molecule has 1 amide bonds. The predicted octanol–water partition coefficient (Wildman–Crippen LogP) is 8.10. The Hall–Kier alpha value is -1.91. The van der Waals surface area contributed by atoms with E-state index in [4.69, 9.17) is 27.9 Å². The van der Waals surface area contributed by atoms with Crippen LogP contribution in [0.25, 0.3) is 0 Å². The zero-order valence-corrected chi connectivity index (χ0v) is 20.7. The van der Waals surface area contributed by atoms with Gasteiger partial charge in [-0.05, 0) is 43.0 Å². The van der Waals surface area contributed by atoms with Crippen molar-refractivity contribution in [1.29, 1.82) is 0 Å². The van der Waals surface area contributed by atoms with Crippen molar-refractivity contribution >= 4 is 34.8 Å². The molecule has 6 heteroatoms. The quantitative estimate of drug-likeness (QED) is 0.212. The van der Waals surface area contributed by atoms with E-state index < -0.39 is 5.91 Å². The van der Waals surface area contributed by atoms with Crippen molar-refractivity contribution in [3.8, 4) is 11.5 Å². The van der Waals surface area contributed by atoms with E-state index >= 15 is 0 Å². The zero-order chi connectivity index (χ0) is 23.3. The Balaban J connectivity index is 1.78. The van der Waals surface area contributed by atoms with Gasteiger partial charge in [-0.25, -0.2) is 0 Å². The summed E-state index contributed by atoms with van der Waals surface area (Å²) in [7, 11) is 0. The summed E-state index contributed by atoms with van der Waals surface area (Å²) in [5.74, 6) is 0.119. The number of halogens is 2. The lowest BCUT2D eigenvalue weighted by Crippen LogP contribution is -2.20. The standard InChI is InChI=1S/C26H35Cl2NO3/c1-3-4-5-6-7-8-9-10-11-14-20-15-12-13-16-23(20)32-18-24(30)29-22-17-21(27)19(2)25(28)26(22)31/h12-13,15-17,31H,3-11,14,18H2,1-2H3,(H,29,30). The fourth-order valence-electron chi connectivity index (χ4n) is 3.61. The second-order valence-electron chi connectivity index (χ2n) is 8.22. The molecule has 2 aromatic rings. The van der Waals surface area contributed by atoms with Crippen LogP contribution in [0.1, 0.15) is 75.8 Å². The number of phenols is 1. The number of benzene rings is 2. The number of carbonyl (C=O) groups excluding carboxylic acids is 1. The summed E-state index contributed by atoms with van der Waals surface area (Å²) in [6, 6.07) is 9.30. The number of para-hydroxylation sites is 1. The number of aromatic hydroxyl groups is 1. The van der Waals surface area contributed by atoms with Gasteiger partial charge in [-0.2, -0.15) is 0 Å². The molecule has 0 atom stereocenters. The molecular formula is C26H35Cl2NO3. The van der Waals surface area contributed by atoms with Crippen LogP contribution in [0.3, 0.4) is 0 Å². The van der Waals surface area contributed by atoms with E-state index in [0.29, 0.717) is 16.3 Å². The maximum atomic E-state index is 12.3. The van der Waals surface area contributed by atoms with Gasteiger partial charge in [-0.15, -0.1) is 0 Å². The molecule has 0 saturated carbocycles. The van der Waals surface area contributed by atoms with Crippen LogP contribution >= 0.6 is 23.2 Å². The minimum absolute atomic E-state index is 0.125. The highest BCUT2D eigenvalue weighted by Crippen LogP contribution is 2.38. The Morgan fingerprint density at radius 3 is 2.31 bits per heavy atom. The van der Waals surface area contributed by atoms with Crippen molar-refractivity contribution in [2.45, 2.75) is 78.1 Å². The highest BCUT2D eigenvalue weighted by atomic mass is 35.5. The Bertz CT molecular complexity index is 870. The fourth-order valence-corrected chi connectivity index (χ4v) is 4.06. The molecule has 32 heavy (non-hydrogen) atoms. The van der Waals surface area contributed by atoms with Gasteiger partial charge < -0.3 is 15.2 Å². The number of hydrogen-bond acceptors (Lipinski definition) is 3. The second-order valence-corrected chi connectivity index (χ2v) is 9.00. The molecule has 0 aliphatic heterocycles. The van der Waals surface area contributed by atoms with Gasteiger partial charge in [-0.3, -0.25) is 4.79 Å². The fraction of sp³-hybridized carbons (Fsp3) is 0.500. The van der Waals surface area contributed by atoms with Gasteiger partial charge in [0, 0.05) is 5.02 Å². The number of rotatable bonds is 14. The average Bonchev–Trinajstić information content (AvgIpc) is 2.79. The van der Waals surface area contributed by atoms with Crippen molar-refractivity contribution < 1.29 is 14.6 Å². The molecule has 4 nitrogen and oxygen atoms in total. The molecule has 2 aromatic carbocycles. The summed E-state index contributed by atoms with van der Waals surface area (Å²) in [4.78, 5) is 12.3. The molecule has 0 saturated heterocycles. The normalized spacial score (nSPS) is 10.9. The molecule has 0 radical (unpaired) electrons. The summed E-state index contributed by atoms with van der Waals surface area (Å²) >= 11 is 12.2. The highest BCUT2D eigenvalue weighted by Gasteiger charge is 2.15. The Labute approximate surface area is 202 Å².